The summed E-state index contributed by atoms with van der Waals surface area (Å²) in [5.41, 5.74) is 8.93. The van der Waals surface area contributed by atoms with Crippen LogP contribution in [0, 0.1) is 0 Å². The van der Waals surface area contributed by atoms with Gasteiger partial charge < -0.3 is 15.2 Å². The molecule has 0 saturated carbocycles. The molecule has 1 aromatic heterocycles. The van der Waals surface area contributed by atoms with Crippen molar-refractivity contribution in [2.45, 2.75) is 0 Å². The zero-order chi connectivity index (χ0) is 15.5. The quantitative estimate of drug-likeness (QED) is 0.749. The summed E-state index contributed by atoms with van der Waals surface area (Å²) in [7, 11) is 3.24. The van der Waals surface area contributed by atoms with Crippen molar-refractivity contribution in [1.29, 1.82) is 0 Å². The maximum absolute atomic E-state index is 5.84. The van der Waals surface area contributed by atoms with Crippen molar-refractivity contribution >= 4 is 5.69 Å². The molecule has 0 bridgehead atoms. The number of nitrogen functional groups attached to an aromatic ring is 1. The van der Waals surface area contributed by atoms with Gasteiger partial charge in [0, 0.05) is 11.3 Å². The fourth-order valence-electron chi connectivity index (χ4n) is 2.16. The van der Waals surface area contributed by atoms with Crippen LogP contribution in [0.1, 0.15) is 0 Å². The third kappa shape index (κ3) is 2.58. The van der Waals surface area contributed by atoms with Gasteiger partial charge in [0.15, 0.2) is 0 Å². The lowest BCUT2D eigenvalue weighted by molar-refractivity contribution is 0.411. The van der Waals surface area contributed by atoms with Crippen molar-refractivity contribution in [3.8, 4) is 28.4 Å². The van der Waals surface area contributed by atoms with Gasteiger partial charge >= 0.3 is 0 Å². The van der Waals surface area contributed by atoms with Crippen molar-refractivity contribution in [3.63, 3.8) is 0 Å². The maximum atomic E-state index is 5.84. The van der Waals surface area contributed by atoms with E-state index < -0.39 is 0 Å². The molecule has 112 valence electrons. The van der Waals surface area contributed by atoms with Crippen molar-refractivity contribution < 1.29 is 9.47 Å². The highest BCUT2D eigenvalue weighted by Crippen LogP contribution is 2.26. The van der Waals surface area contributed by atoms with Crippen LogP contribution in [0.2, 0.25) is 0 Å². The first-order valence-electron chi connectivity index (χ1n) is 6.72. The van der Waals surface area contributed by atoms with E-state index in [9.17, 15) is 0 Å². The third-order valence-electron chi connectivity index (χ3n) is 3.33. The molecule has 0 aliphatic carbocycles. The Bertz CT molecular complexity index is 781. The minimum absolute atomic E-state index is 0.636. The van der Waals surface area contributed by atoms with E-state index in [1.54, 1.807) is 37.1 Å². The fourth-order valence-corrected chi connectivity index (χ4v) is 2.16. The predicted octanol–water partition coefficient (Wildman–Crippen LogP) is 2.53. The molecule has 0 unspecified atom stereocenters. The molecule has 2 aromatic carbocycles. The van der Waals surface area contributed by atoms with Gasteiger partial charge in [-0.15, -0.1) is 5.10 Å². The number of hydrogen-bond donors (Lipinski definition) is 1. The molecule has 0 saturated heterocycles. The third-order valence-corrected chi connectivity index (χ3v) is 3.33. The second-order valence-electron chi connectivity index (χ2n) is 4.71. The fraction of sp³-hybridized carbons (Fsp3) is 0.125. The number of rotatable bonds is 4. The second-order valence-corrected chi connectivity index (χ2v) is 4.71. The van der Waals surface area contributed by atoms with Crippen molar-refractivity contribution in [2.75, 3.05) is 20.0 Å². The molecule has 0 atom stereocenters. The standard InChI is InChI=1S/C16H16N4O2/c1-21-13-6-3-11(4-7-13)14-10-20(19-18-14)15-9-12(17)5-8-16(15)22-2/h3-10H,17H2,1-2H3. The van der Waals surface area contributed by atoms with Gasteiger partial charge in [-0.1, -0.05) is 5.21 Å². The van der Waals surface area contributed by atoms with Crippen LogP contribution in [0.15, 0.2) is 48.7 Å². The molecule has 2 N–H and O–H groups in total. The number of hydrogen-bond acceptors (Lipinski definition) is 5. The molecule has 6 nitrogen and oxygen atoms in total. The topological polar surface area (TPSA) is 75.2 Å². The summed E-state index contributed by atoms with van der Waals surface area (Å²) < 4.78 is 12.1. The molecular weight excluding hydrogens is 280 g/mol. The molecule has 0 spiro atoms. The first-order chi connectivity index (χ1) is 10.7. The summed E-state index contributed by atoms with van der Waals surface area (Å²) >= 11 is 0. The van der Waals surface area contributed by atoms with Gasteiger partial charge in [-0.3, -0.25) is 0 Å². The minimum Gasteiger partial charge on any atom is -0.497 e. The lowest BCUT2D eigenvalue weighted by Crippen LogP contribution is -2.00. The van der Waals surface area contributed by atoms with Crippen LogP contribution in [0.3, 0.4) is 0 Å². The van der Waals surface area contributed by atoms with Gasteiger partial charge in [0.25, 0.3) is 0 Å². The zero-order valence-electron chi connectivity index (χ0n) is 12.4. The van der Waals surface area contributed by atoms with E-state index in [1.165, 1.54) is 0 Å². The summed E-state index contributed by atoms with van der Waals surface area (Å²) in [6.07, 6.45) is 1.83. The SMILES string of the molecule is COc1ccc(-c2cn(-c3cc(N)ccc3OC)nn2)cc1. The minimum atomic E-state index is 0.636. The predicted molar refractivity (Wildman–Crippen MR) is 84.3 cm³/mol. The first kappa shape index (κ1) is 13.9. The van der Waals surface area contributed by atoms with E-state index >= 15 is 0 Å². The normalized spacial score (nSPS) is 10.5. The summed E-state index contributed by atoms with van der Waals surface area (Å²) in [5.74, 6) is 1.48. The van der Waals surface area contributed by atoms with Gasteiger partial charge in [-0.2, -0.15) is 0 Å². The number of aromatic nitrogens is 3. The van der Waals surface area contributed by atoms with Gasteiger partial charge in [0.2, 0.25) is 0 Å². The first-order valence-corrected chi connectivity index (χ1v) is 6.72. The Morgan fingerprint density at radius 3 is 2.45 bits per heavy atom. The van der Waals surface area contributed by atoms with Crippen LogP contribution in [-0.2, 0) is 0 Å². The summed E-state index contributed by atoms with van der Waals surface area (Å²) in [6.45, 7) is 0. The Kier molecular flexibility index (Phi) is 3.65. The van der Waals surface area contributed by atoms with Gasteiger partial charge in [-0.05, 0) is 42.5 Å². The maximum Gasteiger partial charge on any atom is 0.144 e. The van der Waals surface area contributed by atoms with Crippen molar-refractivity contribution in [3.05, 3.63) is 48.7 Å². The Labute approximate surface area is 128 Å². The summed E-state index contributed by atoms with van der Waals surface area (Å²) in [4.78, 5) is 0. The average molecular weight is 296 g/mol. The molecule has 0 aliphatic rings. The van der Waals surface area contributed by atoms with Crippen molar-refractivity contribution in [1.82, 2.24) is 15.0 Å². The molecule has 0 amide bonds. The number of anilines is 1. The zero-order valence-corrected chi connectivity index (χ0v) is 12.4. The average Bonchev–Trinajstić information content (AvgIpc) is 3.04. The molecule has 3 rings (SSSR count). The Morgan fingerprint density at radius 1 is 1.00 bits per heavy atom. The molecule has 22 heavy (non-hydrogen) atoms. The van der Waals surface area contributed by atoms with Crippen molar-refractivity contribution in [2.24, 2.45) is 0 Å². The smallest absolute Gasteiger partial charge is 0.144 e. The second kappa shape index (κ2) is 5.77. The largest absolute Gasteiger partial charge is 0.497 e. The van der Waals surface area contributed by atoms with Crippen LogP contribution < -0.4 is 15.2 Å². The van der Waals surface area contributed by atoms with E-state index in [1.807, 2.05) is 30.5 Å². The highest BCUT2D eigenvalue weighted by molar-refractivity contribution is 5.61. The Balaban J connectivity index is 1.98. The molecule has 0 aliphatic heterocycles. The lowest BCUT2D eigenvalue weighted by atomic mass is 10.1. The number of nitrogens with two attached hydrogens (primary N) is 1. The van der Waals surface area contributed by atoms with Crippen LogP contribution >= 0.6 is 0 Å². The van der Waals surface area contributed by atoms with Crippen LogP contribution in [-0.4, -0.2) is 29.2 Å². The van der Waals surface area contributed by atoms with Crippen LogP contribution in [0.4, 0.5) is 5.69 Å². The number of benzene rings is 2. The molecule has 0 radical (unpaired) electrons. The Morgan fingerprint density at radius 2 is 1.77 bits per heavy atom. The van der Waals surface area contributed by atoms with Crippen LogP contribution in [0.25, 0.3) is 16.9 Å². The molecule has 0 fully saturated rings. The monoisotopic (exact) mass is 296 g/mol. The Hall–Kier alpha value is -3.02. The number of ether oxygens (including phenoxy) is 2. The molecular formula is C16H16N4O2. The summed E-state index contributed by atoms with van der Waals surface area (Å²) in [6, 6.07) is 13.0. The number of methoxy groups -OCH3 is 2. The van der Waals surface area contributed by atoms with E-state index in [0.717, 1.165) is 22.7 Å². The van der Waals surface area contributed by atoms with E-state index in [4.69, 9.17) is 15.2 Å². The molecule has 6 heteroatoms. The van der Waals surface area contributed by atoms with Gasteiger partial charge in [0.05, 0.1) is 20.4 Å². The highest BCUT2D eigenvalue weighted by atomic mass is 16.5. The lowest BCUT2D eigenvalue weighted by Gasteiger charge is -2.08. The van der Waals surface area contributed by atoms with Gasteiger partial charge in [-0.25, -0.2) is 4.68 Å². The number of nitrogens with zero attached hydrogens (tertiary/aromatic N) is 3. The summed E-state index contributed by atoms with van der Waals surface area (Å²) in [5, 5.41) is 8.35. The van der Waals surface area contributed by atoms with Gasteiger partial charge in [0.1, 0.15) is 22.9 Å². The van der Waals surface area contributed by atoms with E-state index in [2.05, 4.69) is 10.3 Å². The van der Waals surface area contributed by atoms with E-state index in [0.29, 0.717) is 11.4 Å². The van der Waals surface area contributed by atoms with E-state index in [-0.39, 0.29) is 0 Å². The van der Waals surface area contributed by atoms with Crippen LogP contribution in [0.5, 0.6) is 11.5 Å². The molecule has 1 heterocycles. The molecule has 3 aromatic rings. The highest BCUT2D eigenvalue weighted by Gasteiger charge is 2.10.